The maximum atomic E-state index is 10.0. The molecular weight excluding hydrogens is 454 g/mol. The number of hydrogen-bond acceptors (Lipinski definition) is 7. The van der Waals surface area contributed by atoms with Crippen molar-refractivity contribution in [1.82, 2.24) is 19.6 Å². The summed E-state index contributed by atoms with van der Waals surface area (Å²) in [5.41, 5.74) is 3.39. The summed E-state index contributed by atoms with van der Waals surface area (Å²) in [6.07, 6.45) is 13.9. The number of fused-ring (bicyclic) bond motifs is 1. The lowest BCUT2D eigenvalue weighted by molar-refractivity contribution is 0.0283. The first-order chi connectivity index (χ1) is 17.3. The zero-order valence-electron chi connectivity index (χ0n) is 20.0. The molecule has 0 unspecified atom stereocenters. The van der Waals surface area contributed by atoms with Crippen LogP contribution in [0, 0.1) is 23.7 Å². The number of nitrogens with zero attached hydrogens (tertiary/aromatic N) is 5. The molecule has 1 aliphatic carbocycles. The Labute approximate surface area is 209 Å². The highest BCUT2D eigenvalue weighted by molar-refractivity contribution is 5.85. The van der Waals surface area contributed by atoms with Crippen LogP contribution >= 0.6 is 0 Å². The Hall–Kier alpha value is -4.40. The molecule has 1 N–H and O–H groups in total. The van der Waals surface area contributed by atoms with Gasteiger partial charge in [0.25, 0.3) is 0 Å². The zero-order chi connectivity index (χ0) is 25.3. The topological polar surface area (TPSA) is 106 Å². The highest BCUT2D eigenvalue weighted by Gasteiger charge is 2.33. The number of nitriles is 1. The summed E-state index contributed by atoms with van der Waals surface area (Å²) in [4.78, 5) is 8.88. The lowest BCUT2D eigenvalue weighted by atomic mass is 9.79. The number of rotatable bonds is 7. The number of ether oxygens (including phenoxy) is 2. The third-order valence-electron chi connectivity index (χ3n) is 6.10. The van der Waals surface area contributed by atoms with Crippen LogP contribution in [-0.4, -0.2) is 43.0 Å². The van der Waals surface area contributed by atoms with Gasteiger partial charge in [0, 0.05) is 28.9 Å². The van der Waals surface area contributed by atoms with Gasteiger partial charge in [0.2, 0.25) is 0 Å². The van der Waals surface area contributed by atoms with Crippen LogP contribution in [0.1, 0.15) is 49.6 Å². The van der Waals surface area contributed by atoms with Crippen molar-refractivity contribution in [3.63, 3.8) is 0 Å². The maximum Gasteiger partial charge on any atom is 0.138 e. The quantitative estimate of drug-likeness (QED) is 0.398. The Morgan fingerprint density at radius 3 is 2.61 bits per heavy atom. The molecule has 0 spiro atoms. The lowest BCUT2D eigenvalue weighted by Crippen LogP contribution is -2.32. The Bertz CT molecular complexity index is 1470. The monoisotopic (exact) mass is 479 g/mol. The van der Waals surface area contributed by atoms with Gasteiger partial charge in [0.05, 0.1) is 35.3 Å². The van der Waals surface area contributed by atoms with Crippen LogP contribution in [0.15, 0.2) is 55.1 Å². The molecule has 1 aliphatic rings. The molecule has 0 bridgehead atoms. The van der Waals surface area contributed by atoms with E-state index in [1.54, 1.807) is 36.8 Å². The van der Waals surface area contributed by atoms with Gasteiger partial charge in [-0.1, -0.05) is 12.0 Å². The minimum atomic E-state index is -0.980. The van der Waals surface area contributed by atoms with E-state index in [0.717, 1.165) is 29.7 Å². The summed E-state index contributed by atoms with van der Waals surface area (Å²) in [5, 5.41) is 23.9. The third kappa shape index (κ3) is 4.86. The molecule has 0 atom stereocenters. The van der Waals surface area contributed by atoms with Gasteiger partial charge in [-0.3, -0.25) is 4.98 Å². The molecule has 8 heteroatoms. The van der Waals surface area contributed by atoms with Crippen LogP contribution in [0.4, 0.5) is 0 Å². The van der Waals surface area contributed by atoms with E-state index in [-0.39, 0.29) is 12.7 Å². The molecule has 4 aromatic heterocycles. The van der Waals surface area contributed by atoms with Crippen LogP contribution in [0.5, 0.6) is 11.5 Å². The van der Waals surface area contributed by atoms with Crippen molar-refractivity contribution in [3.8, 4) is 41.0 Å². The van der Waals surface area contributed by atoms with E-state index in [1.807, 2.05) is 30.5 Å². The van der Waals surface area contributed by atoms with Gasteiger partial charge >= 0.3 is 0 Å². The largest absolute Gasteiger partial charge is 0.489 e. The molecule has 36 heavy (non-hydrogen) atoms. The fraction of sp³-hybridized carbons (Fsp3) is 0.286. The van der Waals surface area contributed by atoms with Gasteiger partial charge in [-0.2, -0.15) is 10.4 Å². The van der Waals surface area contributed by atoms with Crippen LogP contribution in [0.2, 0.25) is 0 Å². The number of terminal acetylenes is 1. The molecule has 4 aromatic rings. The second kappa shape index (κ2) is 9.33. The molecule has 8 nitrogen and oxygen atoms in total. The first-order valence-electron chi connectivity index (χ1n) is 11.7. The van der Waals surface area contributed by atoms with Gasteiger partial charge in [0.15, 0.2) is 0 Å². The van der Waals surface area contributed by atoms with Gasteiger partial charge in [0.1, 0.15) is 36.0 Å². The molecule has 0 amide bonds. The maximum absolute atomic E-state index is 10.0. The normalized spacial score (nSPS) is 17.1. The van der Waals surface area contributed by atoms with E-state index in [9.17, 15) is 10.4 Å². The highest BCUT2D eigenvalue weighted by Crippen LogP contribution is 2.39. The lowest BCUT2D eigenvalue weighted by Gasteiger charge is -2.35. The number of aliphatic hydroxyl groups is 1. The summed E-state index contributed by atoms with van der Waals surface area (Å²) in [6, 6.07) is 11.7. The van der Waals surface area contributed by atoms with Crippen molar-refractivity contribution in [2.45, 2.75) is 44.3 Å². The first-order valence-corrected chi connectivity index (χ1v) is 11.7. The predicted octanol–water partition coefficient (Wildman–Crippen LogP) is 4.12. The minimum Gasteiger partial charge on any atom is -0.489 e. The van der Waals surface area contributed by atoms with E-state index in [0.29, 0.717) is 34.2 Å². The number of pyridine rings is 3. The van der Waals surface area contributed by atoms with Crippen LogP contribution < -0.4 is 9.47 Å². The summed E-state index contributed by atoms with van der Waals surface area (Å²) in [6.45, 7) is 3.48. The van der Waals surface area contributed by atoms with Gasteiger partial charge in [-0.25, -0.2) is 9.50 Å². The van der Waals surface area contributed by atoms with Crippen LogP contribution in [-0.2, 0) is 0 Å². The molecule has 0 aliphatic heterocycles. The average Bonchev–Trinajstić information content (AvgIpc) is 3.27. The summed E-state index contributed by atoms with van der Waals surface area (Å²) in [5.74, 6) is 4.07. The van der Waals surface area contributed by atoms with Gasteiger partial charge in [-0.15, -0.1) is 6.42 Å². The second-order valence-electron chi connectivity index (χ2n) is 9.56. The van der Waals surface area contributed by atoms with Gasteiger partial charge in [-0.05, 0) is 51.0 Å². The van der Waals surface area contributed by atoms with Crippen molar-refractivity contribution >= 4 is 5.52 Å². The number of aromatic nitrogens is 4. The third-order valence-corrected chi connectivity index (χ3v) is 6.10. The van der Waals surface area contributed by atoms with Crippen LogP contribution in [0.25, 0.3) is 16.6 Å². The van der Waals surface area contributed by atoms with Crippen molar-refractivity contribution in [1.29, 1.82) is 5.26 Å². The van der Waals surface area contributed by atoms with E-state index in [1.165, 1.54) is 6.20 Å². The molecule has 180 valence electrons. The molecule has 0 radical (unpaired) electrons. The SMILES string of the molecule is C#Cc1ccc(OC2CC(c3ccc(-c4cc(OCC(C)(C)O)cn5ncc(C#N)c45)cn3)C2)cn1. The summed E-state index contributed by atoms with van der Waals surface area (Å²) >= 11 is 0. The first kappa shape index (κ1) is 23.3. The second-order valence-corrected chi connectivity index (χ2v) is 9.56. The Kier molecular flexibility index (Phi) is 6.05. The smallest absolute Gasteiger partial charge is 0.138 e. The molecule has 5 rings (SSSR count). The van der Waals surface area contributed by atoms with E-state index in [4.69, 9.17) is 20.9 Å². The molecule has 4 heterocycles. The molecule has 1 fully saturated rings. The predicted molar refractivity (Wildman–Crippen MR) is 133 cm³/mol. The fourth-order valence-corrected chi connectivity index (χ4v) is 4.18. The van der Waals surface area contributed by atoms with Crippen molar-refractivity contribution in [2.75, 3.05) is 6.61 Å². The molecule has 0 saturated heterocycles. The summed E-state index contributed by atoms with van der Waals surface area (Å²) < 4.78 is 13.4. The van der Waals surface area contributed by atoms with E-state index >= 15 is 0 Å². The Morgan fingerprint density at radius 2 is 1.97 bits per heavy atom. The Morgan fingerprint density at radius 1 is 1.14 bits per heavy atom. The molecule has 1 saturated carbocycles. The van der Waals surface area contributed by atoms with Crippen molar-refractivity contribution in [2.24, 2.45) is 0 Å². The van der Waals surface area contributed by atoms with Crippen molar-refractivity contribution < 1.29 is 14.6 Å². The fourth-order valence-electron chi connectivity index (χ4n) is 4.18. The minimum absolute atomic E-state index is 0.115. The van der Waals surface area contributed by atoms with Gasteiger partial charge < -0.3 is 14.6 Å². The number of hydrogen-bond donors (Lipinski definition) is 1. The molecular formula is C28H25N5O3. The van der Waals surface area contributed by atoms with E-state index in [2.05, 4.69) is 22.1 Å². The standard InChI is InChI=1S/C28H25N5O3/c1-4-21-6-7-22(15-30-21)36-23-9-19(10-23)26-8-5-18(13-31-26)25-11-24(35-17-28(2,3)34)16-33-27(25)20(12-29)14-32-33/h1,5-8,11,13-16,19,23,34H,9-10,17H2,2-3H3. The van der Waals surface area contributed by atoms with Crippen LogP contribution in [0.3, 0.4) is 0 Å². The Balaban J connectivity index is 1.32. The zero-order valence-corrected chi connectivity index (χ0v) is 20.0. The van der Waals surface area contributed by atoms with Crippen molar-refractivity contribution in [3.05, 3.63) is 72.1 Å². The average molecular weight is 480 g/mol. The summed E-state index contributed by atoms with van der Waals surface area (Å²) in [7, 11) is 0. The highest BCUT2D eigenvalue weighted by atomic mass is 16.5. The molecule has 0 aromatic carbocycles. The van der Waals surface area contributed by atoms with E-state index < -0.39 is 5.60 Å².